The lowest BCUT2D eigenvalue weighted by molar-refractivity contribution is 0.318. The molecule has 0 atom stereocenters. The number of hydrogen-bond donors (Lipinski definition) is 2. The Morgan fingerprint density at radius 2 is 2.05 bits per heavy atom. The maximum atomic E-state index is 8.66. The van der Waals surface area contributed by atoms with Crippen molar-refractivity contribution in [2.75, 3.05) is 11.9 Å². The number of nitrogens with two attached hydrogens (primary N) is 1. The van der Waals surface area contributed by atoms with Gasteiger partial charge < -0.3 is 15.8 Å². The van der Waals surface area contributed by atoms with Crippen LogP contribution < -0.4 is 10.6 Å². The van der Waals surface area contributed by atoms with Gasteiger partial charge in [-0.3, -0.25) is 4.68 Å². The first-order valence-electron chi connectivity index (χ1n) is 6.41. The predicted molar refractivity (Wildman–Crippen MR) is 86.7 cm³/mol. The molecule has 1 aromatic carbocycles. The average Bonchev–Trinajstić information content (AvgIpc) is 2.73. The average molecular weight is 352 g/mol. The van der Waals surface area contributed by atoms with E-state index in [1.54, 1.807) is 0 Å². The molecule has 0 unspecified atom stereocenters. The first-order chi connectivity index (χ1) is 9.93. The Labute approximate surface area is 132 Å². The molecule has 0 fully saturated rings. The molecular weight excluding hydrogens is 334 g/mol. The van der Waals surface area contributed by atoms with Gasteiger partial charge in [0.15, 0.2) is 5.84 Å². The monoisotopic (exact) mass is 351 g/mol. The van der Waals surface area contributed by atoms with E-state index in [0.29, 0.717) is 5.56 Å². The van der Waals surface area contributed by atoms with Crippen LogP contribution in [-0.4, -0.2) is 27.9 Å². The number of nitrogens with zero attached hydrogens (tertiary/aromatic N) is 4. The summed E-state index contributed by atoms with van der Waals surface area (Å²) >= 11 is 3.57. The molecule has 0 aliphatic rings. The lowest BCUT2D eigenvalue weighted by atomic mass is 10.2. The Hall–Kier alpha value is -2.02. The van der Waals surface area contributed by atoms with Crippen LogP contribution in [0, 0.1) is 6.92 Å². The Balaban J connectivity index is 2.19. The van der Waals surface area contributed by atoms with Gasteiger partial charge in [-0.1, -0.05) is 5.16 Å². The SMILES string of the molecule is Cc1nn(C)c(CN(C)c2ccc(C(N)=NO)cc2)c1Br. The van der Waals surface area contributed by atoms with E-state index >= 15 is 0 Å². The fourth-order valence-electron chi connectivity index (χ4n) is 2.11. The van der Waals surface area contributed by atoms with Gasteiger partial charge in [0.25, 0.3) is 0 Å². The first-order valence-corrected chi connectivity index (χ1v) is 7.20. The summed E-state index contributed by atoms with van der Waals surface area (Å²) in [6, 6.07) is 7.52. The van der Waals surface area contributed by atoms with E-state index in [4.69, 9.17) is 10.9 Å². The van der Waals surface area contributed by atoms with E-state index in [1.807, 2.05) is 50.0 Å². The van der Waals surface area contributed by atoms with Gasteiger partial charge in [-0.2, -0.15) is 5.10 Å². The number of amidine groups is 1. The van der Waals surface area contributed by atoms with Crippen molar-refractivity contribution in [3.63, 3.8) is 0 Å². The molecule has 0 saturated carbocycles. The summed E-state index contributed by atoms with van der Waals surface area (Å²) in [5.41, 5.74) is 9.36. The van der Waals surface area contributed by atoms with Crippen molar-refractivity contribution in [3.05, 3.63) is 45.7 Å². The molecule has 112 valence electrons. The Morgan fingerprint density at radius 1 is 1.43 bits per heavy atom. The van der Waals surface area contributed by atoms with Gasteiger partial charge >= 0.3 is 0 Å². The number of aryl methyl sites for hydroxylation is 2. The number of hydrogen-bond acceptors (Lipinski definition) is 4. The van der Waals surface area contributed by atoms with Crippen LogP contribution in [0.2, 0.25) is 0 Å². The zero-order valence-electron chi connectivity index (χ0n) is 12.2. The molecule has 0 aliphatic carbocycles. The summed E-state index contributed by atoms with van der Waals surface area (Å²) < 4.78 is 2.91. The fourth-order valence-corrected chi connectivity index (χ4v) is 2.57. The number of halogens is 1. The van der Waals surface area contributed by atoms with Crippen LogP contribution in [0.4, 0.5) is 5.69 Å². The fraction of sp³-hybridized carbons (Fsp3) is 0.286. The van der Waals surface area contributed by atoms with E-state index in [-0.39, 0.29) is 5.84 Å². The van der Waals surface area contributed by atoms with Crippen LogP contribution in [0.25, 0.3) is 0 Å². The quantitative estimate of drug-likeness (QED) is 0.383. The second-order valence-electron chi connectivity index (χ2n) is 4.86. The van der Waals surface area contributed by atoms with Gasteiger partial charge in [-0.05, 0) is 47.1 Å². The molecule has 21 heavy (non-hydrogen) atoms. The zero-order chi connectivity index (χ0) is 15.6. The van der Waals surface area contributed by atoms with Gasteiger partial charge in [0.2, 0.25) is 0 Å². The third-order valence-corrected chi connectivity index (χ3v) is 4.39. The standard InChI is InChI=1S/C14H18BrN5O/c1-9-13(15)12(20(3)17-9)8-19(2)11-6-4-10(5-7-11)14(16)18-21/h4-7,21H,8H2,1-3H3,(H2,16,18). The van der Waals surface area contributed by atoms with Crippen LogP contribution in [-0.2, 0) is 13.6 Å². The molecule has 0 saturated heterocycles. The van der Waals surface area contributed by atoms with Crippen LogP contribution >= 0.6 is 15.9 Å². The summed E-state index contributed by atoms with van der Waals surface area (Å²) in [5.74, 6) is 0.106. The molecule has 1 aromatic heterocycles. The first kappa shape index (κ1) is 15.4. The molecule has 3 N–H and O–H groups in total. The van der Waals surface area contributed by atoms with E-state index in [2.05, 4.69) is 31.1 Å². The molecule has 2 aromatic rings. The van der Waals surface area contributed by atoms with Crippen molar-refractivity contribution in [1.29, 1.82) is 0 Å². The van der Waals surface area contributed by atoms with Crippen LogP contribution in [0.15, 0.2) is 33.9 Å². The summed E-state index contributed by atoms with van der Waals surface area (Å²) in [6.07, 6.45) is 0. The van der Waals surface area contributed by atoms with Gasteiger partial charge in [0.05, 0.1) is 22.4 Å². The Kier molecular flexibility index (Phi) is 4.52. The van der Waals surface area contributed by atoms with Crippen molar-refractivity contribution in [2.24, 2.45) is 17.9 Å². The molecule has 7 heteroatoms. The van der Waals surface area contributed by atoms with Crippen LogP contribution in [0.3, 0.4) is 0 Å². The number of aromatic nitrogens is 2. The minimum Gasteiger partial charge on any atom is -0.409 e. The normalized spacial score (nSPS) is 11.7. The van der Waals surface area contributed by atoms with Crippen molar-refractivity contribution >= 4 is 27.5 Å². The van der Waals surface area contributed by atoms with Gasteiger partial charge in [-0.25, -0.2) is 0 Å². The number of oxime groups is 1. The van der Waals surface area contributed by atoms with Crippen molar-refractivity contribution in [2.45, 2.75) is 13.5 Å². The lowest BCUT2D eigenvalue weighted by Gasteiger charge is -2.20. The molecule has 0 aliphatic heterocycles. The van der Waals surface area contributed by atoms with Crippen LogP contribution in [0.5, 0.6) is 0 Å². The van der Waals surface area contributed by atoms with Crippen molar-refractivity contribution in [3.8, 4) is 0 Å². The molecule has 0 spiro atoms. The smallest absolute Gasteiger partial charge is 0.170 e. The van der Waals surface area contributed by atoms with E-state index in [1.165, 1.54) is 0 Å². The van der Waals surface area contributed by atoms with E-state index in [9.17, 15) is 0 Å². The Morgan fingerprint density at radius 3 is 2.52 bits per heavy atom. The molecule has 0 bridgehead atoms. The molecule has 0 radical (unpaired) electrons. The van der Waals surface area contributed by atoms with Crippen molar-refractivity contribution < 1.29 is 5.21 Å². The highest BCUT2D eigenvalue weighted by molar-refractivity contribution is 9.10. The summed E-state index contributed by atoms with van der Waals surface area (Å²) in [5, 5.41) is 16.0. The summed E-state index contributed by atoms with van der Waals surface area (Å²) in [6.45, 7) is 2.69. The molecule has 2 rings (SSSR count). The number of rotatable bonds is 4. The molecular formula is C14H18BrN5O. The van der Waals surface area contributed by atoms with Crippen LogP contribution in [0.1, 0.15) is 17.0 Å². The van der Waals surface area contributed by atoms with Gasteiger partial charge in [0, 0.05) is 25.3 Å². The predicted octanol–water partition coefficient (Wildman–Crippen LogP) is 2.22. The summed E-state index contributed by atoms with van der Waals surface area (Å²) in [7, 11) is 3.94. The largest absolute Gasteiger partial charge is 0.409 e. The highest BCUT2D eigenvalue weighted by Crippen LogP contribution is 2.23. The summed E-state index contributed by atoms with van der Waals surface area (Å²) in [4.78, 5) is 2.11. The van der Waals surface area contributed by atoms with E-state index < -0.39 is 0 Å². The minimum atomic E-state index is 0.106. The second-order valence-corrected chi connectivity index (χ2v) is 5.65. The molecule has 6 nitrogen and oxygen atoms in total. The lowest BCUT2D eigenvalue weighted by Crippen LogP contribution is -2.19. The number of benzene rings is 1. The maximum Gasteiger partial charge on any atom is 0.170 e. The van der Waals surface area contributed by atoms with E-state index in [0.717, 1.165) is 28.1 Å². The number of anilines is 1. The van der Waals surface area contributed by atoms with Crippen molar-refractivity contribution in [1.82, 2.24) is 9.78 Å². The topological polar surface area (TPSA) is 79.7 Å². The zero-order valence-corrected chi connectivity index (χ0v) is 13.8. The third kappa shape index (κ3) is 3.18. The maximum absolute atomic E-state index is 8.66. The minimum absolute atomic E-state index is 0.106. The highest BCUT2D eigenvalue weighted by Gasteiger charge is 2.13. The molecule has 1 heterocycles. The molecule has 0 amide bonds. The third-order valence-electron chi connectivity index (χ3n) is 3.36. The van der Waals surface area contributed by atoms with Gasteiger partial charge in [-0.15, -0.1) is 0 Å². The second kappa shape index (κ2) is 6.17. The highest BCUT2D eigenvalue weighted by atomic mass is 79.9. The van der Waals surface area contributed by atoms with Gasteiger partial charge in [0.1, 0.15) is 0 Å². The Bertz CT molecular complexity index is 663.